The van der Waals surface area contributed by atoms with Crippen molar-refractivity contribution in [3.05, 3.63) is 132 Å². The largest absolute Gasteiger partial charge is 2.00 e. The van der Waals surface area contributed by atoms with Crippen LogP contribution in [0.15, 0.2) is 103 Å². The van der Waals surface area contributed by atoms with E-state index in [1.807, 2.05) is 41.2 Å². The molecule has 0 saturated heterocycles. The van der Waals surface area contributed by atoms with Gasteiger partial charge in [0.25, 0.3) is 0 Å². The molecule has 46 heavy (non-hydrogen) atoms. The number of ether oxygens (including phenoxy) is 1. The monoisotopic (exact) mass is 694 g/mol. The molecule has 0 radical (unpaired) electrons. The summed E-state index contributed by atoms with van der Waals surface area (Å²) in [6, 6.07) is 40.2. The van der Waals surface area contributed by atoms with E-state index in [9.17, 15) is 0 Å². The van der Waals surface area contributed by atoms with Gasteiger partial charge in [0, 0.05) is 34.5 Å². The summed E-state index contributed by atoms with van der Waals surface area (Å²) < 4.78 is 10.7. The molecule has 0 fully saturated rings. The number of para-hydroxylation sites is 1. The second-order valence-electron chi connectivity index (χ2n) is 12.9. The van der Waals surface area contributed by atoms with Crippen molar-refractivity contribution >= 4 is 21.8 Å². The number of benzene rings is 4. The molecule has 3 aromatic heterocycles. The molecule has 0 aliphatic rings. The first-order valence-corrected chi connectivity index (χ1v) is 15.5. The van der Waals surface area contributed by atoms with Crippen LogP contribution in [0.4, 0.5) is 0 Å². The Morgan fingerprint density at radius 1 is 0.783 bits per heavy atom. The number of fused-ring (bicyclic) bond motifs is 3. The molecule has 3 heterocycles. The maximum Gasteiger partial charge on any atom is 2.00 e. The Balaban J connectivity index is 0.00000372. The van der Waals surface area contributed by atoms with Gasteiger partial charge in [-0.05, 0) is 72.5 Å². The molecule has 0 aliphatic heterocycles. The maximum atomic E-state index is 6.45. The normalized spacial score (nSPS) is 11.6. The van der Waals surface area contributed by atoms with E-state index in [2.05, 4.69) is 118 Å². The van der Waals surface area contributed by atoms with Gasteiger partial charge in [0.1, 0.15) is 5.82 Å². The molecule has 232 valence electrons. The Morgan fingerprint density at radius 2 is 1.54 bits per heavy atom. The van der Waals surface area contributed by atoms with Crippen molar-refractivity contribution in [3.8, 4) is 34.1 Å². The summed E-state index contributed by atoms with van der Waals surface area (Å²) in [4.78, 5) is 4.70. The summed E-state index contributed by atoms with van der Waals surface area (Å²) in [5.41, 5.74) is 8.75. The molecule has 0 bridgehead atoms. The van der Waals surface area contributed by atoms with E-state index in [-0.39, 0.29) is 25.8 Å². The number of hydrogen-bond donors (Lipinski definition) is 0. The van der Waals surface area contributed by atoms with Crippen LogP contribution in [0.1, 0.15) is 44.1 Å². The van der Waals surface area contributed by atoms with Crippen LogP contribution in [-0.2, 0) is 26.8 Å². The topological polar surface area (TPSA) is 44.9 Å². The molecule has 0 spiro atoms. The maximum absolute atomic E-state index is 6.45. The number of pyridine rings is 1. The van der Waals surface area contributed by atoms with Crippen LogP contribution in [0, 0.1) is 31.4 Å². The fourth-order valence-corrected chi connectivity index (χ4v) is 6.03. The van der Waals surface area contributed by atoms with Crippen molar-refractivity contribution in [2.45, 2.75) is 47.5 Å². The second kappa shape index (κ2) is 12.7. The number of hydrogen-bond acceptors (Lipinski definition) is 3. The average molecular weight is 695 g/mol. The van der Waals surface area contributed by atoms with E-state index in [0.29, 0.717) is 11.5 Å². The number of aryl methyl sites for hydroxylation is 2. The predicted octanol–water partition coefficient (Wildman–Crippen LogP) is 10.0. The van der Waals surface area contributed by atoms with Gasteiger partial charge < -0.3 is 9.30 Å². The molecular formula is C40H36N4OPd. The first-order chi connectivity index (χ1) is 21.7. The van der Waals surface area contributed by atoms with Gasteiger partial charge >= 0.3 is 20.4 Å². The molecule has 5 nitrogen and oxygen atoms in total. The summed E-state index contributed by atoms with van der Waals surface area (Å²) in [5, 5.41) is 7.29. The van der Waals surface area contributed by atoms with Crippen molar-refractivity contribution in [1.82, 2.24) is 19.3 Å². The minimum absolute atomic E-state index is 0. The van der Waals surface area contributed by atoms with Crippen LogP contribution in [0.2, 0.25) is 0 Å². The standard InChI is InChI=1S/C40H36N4O.Pd/c1-27-21-23-41-38(24-27)43-35-17-10-9-16-33(35)34-19-18-32(26-37(34)43)45-31-15-11-14-30(25-31)44-36(20-22-40(3,4)5)39(28(2)42-44)29-12-7-6-8-13-29;/h6-19,21,23-24H,20,22H2,1-5H3;/q-2;+2. The fourth-order valence-electron chi connectivity index (χ4n) is 6.03. The summed E-state index contributed by atoms with van der Waals surface area (Å²) in [6.07, 6.45) is 3.78. The second-order valence-corrected chi connectivity index (χ2v) is 12.9. The molecule has 0 unspecified atom stereocenters. The van der Waals surface area contributed by atoms with Crippen LogP contribution >= 0.6 is 0 Å². The minimum Gasteiger partial charge on any atom is -0.509 e. The Morgan fingerprint density at radius 3 is 2.33 bits per heavy atom. The van der Waals surface area contributed by atoms with Crippen LogP contribution in [0.25, 0.3) is 44.4 Å². The Bertz CT molecular complexity index is 2150. The van der Waals surface area contributed by atoms with Crippen LogP contribution < -0.4 is 4.74 Å². The summed E-state index contributed by atoms with van der Waals surface area (Å²) in [7, 11) is 0. The summed E-state index contributed by atoms with van der Waals surface area (Å²) in [5.74, 6) is 2.08. The van der Waals surface area contributed by atoms with E-state index in [0.717, 1.165) is 57.4 Å². The smallest absolute Gasteiger partial charge is 0.509 e. The number of rotatable bonds is 7. The van der Waals surface area contributed by atoms with Crippen molar-refractivity contribution in [1.29, 1.82) is 0 Å². The Kier molecular flexibility index (Phi) is 8.70. The quantitative estimate of drug-likeness (QED) is 0.123. The van der Waals surface area contributed by atoms with E-state index < -0.39 is 0 Å². The van der Waals surface area contributed by atoms with Crippen LogP contribution in [0.3, 0.4) is 0 Å². The van der Waals surface area contributed by atoms with Crippen molar-refractivity contribution in [2.24, 2.45) is 5.41 Å². The average Bonchev–Trinajstić information content (AvgIpc) is 3.54. The molecule has 6 heteroatoms. The molecule has 0 amide bonds. The molecule has 0 saturated carbocycles. The first-order valence-electron chi connectivity index (χ1n) is 15.5. The van der Waals surface area contributed by atoms with Gasteiger partial charge in [-0.1, -0.05) is 74.8 Å². The van der Waals surface area contributed by atoms with E-state index in [4.69, 9.17) is 14.8 Å². The molecule has 7 rings (SSSR count). The summed E-state index contributed by atoms with van der Waals surface area (Å²) >= 11 is 0. The third kappa shape index (κ3) is 6.16. The molecule has 4 aromatic carbocycles. The van der Waals surface area contributed by atoms with Crippen molar-refractivity contribution in [2.75, 3.05) is 0 Å². The SMILES string of the molecule is Cc1ccnc(-n2c3[c-]c(Oc4[c-]c(-n5nc(C)c(-c6ccccc6)c5CCC(C)(C)C)ccc4)ccc3c3ccccc32)c1.[Pd+2]. The Labute approximate surface area is 284 Å². The fraction of sp³-hybridized carbons (Fsp3) is 0.200. The van der Waals surface area contributed by atoms with Crippen LogP contribution in [0.5, 0.6) is 11.5 Å². The van der Waals surface area contributed by atoms with Crippen LogP contribution in [-0.4, -0.2) is 19.3 Å². The third-order valence-corrected chi connectivity index (χ3v) is 8.22. The van der Waals surface area contributed by atoms with E-state index in [1.165, 1.54) is 16.8 Å². The molecule has 0 atom stereocenters. The van der Waals surface area contributed by atoms with Crippen molar-refractivity contribution < 1.29 is 25.2 Å². The van der Waals surface area contributed by atoms with Gasteiger partial charge in [-0.2, -0.15) is 17.2 Å². The first kappa shape index (κ1) is 31.5. The number of aromatic nitrogens is 4. The molecule has 0 N–H and O–H groups in total. The van der Waals surface area contributed by atoms with E-state index in [1.54, 1.807) is 0 Å². The zero-order valence-corrected chi connectivity index (χ0v) is 28.3. The summed E-state index contributed by atoms with van der Waals surface area (Å²) in [6.45, 7) is 11.0. The third-order valence-electron chi connectivity index (χ3n) is 8.22. The molecule has 0 aliphatic carbocycles. The molecular weight excluding hydrogens is 659 g/mol. The number of nitrogens with zero attached hydrogens (tertiary/aromatic N) is 4. The van der Waals surface area contributed by atoms with Gasteiger partial charge in [-0.3, -0.25) is 4.68 Å². The van der Waals surface area contributed by atoms with Gasteiger partial charge in [-0.15, -0.1) is 35.7 Å². The molecule has 7 aromatic rings. The van der Waals surface area contributed by atoms with Gasteiger partial charge in [0.05, 0.1) is 5.69 Å². The van der Waals surface area contributed by atoms with Gasteiger partial charge in [0.15, 0.2) is 0 Å². The van der Waals surface area contributed by atoms with Gasteiger partial charge in [0.2, 0.25) is 0 Å². The zero-order valence-electron chi connectivity index (χ0n) is 26.7. The minimum atomic E-state index is 0. The zero-order chi connectivity index (χ0) is 31.1. The van der Waals surface area contributed by atoms with Crippen molar-refractivity contribution in [3.63, 3.8) is 0 Å². The van der Waals surface area contributed by atoms with E-state index >= 15 is 0 Å². The van der Waals surface area contributed by atoms with Gasteiger partial charge in [-0.25, -0.2) is 4.98 Å². The Hall–Kier alpha value is -4.50. The predicted molar refractivity (Wildman–Crippen MR) is 183 cm³/mol.